The highest BCUT2D eigenvalue weighted by Crippen LogP contribution is 2.19. The highest BCUT2D eigenvalue weighted by molar-refractivity contribution is 9.10. The second-order valence-electron chi connectivity index (χ2n) is 3.94. The van der Waals surface area contributed by atoms with Crippen LogP contribution in [0, 0.1) is 5.82 Å². The van der Waals surface area contributed by atoms with Crippen molar-refractivity contribution in [1.29, 1.82) is 0 Å². The van der Waals surface area contributed by atoms with E-state index in [0.717, 1.165) is 5.56 Å². The zero-order chi connectivity index (χ0) is 13.7. The summed E-state index contributed by atoms with van der Waals surface area (Å²) in [4.78, 5) is 4.19. The molecular formula is C14H13BrFN3. The molecule has 0 aliphatic rings. The molecule has 19 heavy (non-hydrogen) atoms. The Morgan fingerprint density at radius 2 is 1.95 bits per heavy atom. The van der Waals surface area contributed by atoms with Gasteiger partial charge in [-0.3, -0.25) is 0 Å². The smallest absolute Gasteiger partial charge is 0.193 e. The zero-order valence-electron chi connectivity index (χ0n) is 10.1. The highest BCUT2D eigenvalue weighted by Gasteiger charge is 2.01. The Balaban J connectivity index is 2.00. The van der Waals surface area contributed by atoms with E-state index in [9.17, 15) is 4.39 Å². The molecule has 0 aliphatic carbocycles. The Bertz CT molecular complexity index is 584. The highest BCUT2D eigenvalue weighted by atomic mass is 79.9. The molecular weight excluding hydrogens is 309 g/mol. The van der Waals surface area contributed by atoms with Crippen LogP contribution in [0.5, 0.6) is 0 Å². The van der Waals surface area contributed by atoms with Crippen LogP contribution in [0.1, 0.15) is 5.56 Å². The van der Waals surface area contributed by atoms with Crippen molar-refractivity contribution in [3.63, 3.8) is 0 Å². The van der Waals surface area contributed by atoms with Crippen molar-refractivity contribution in [1.82, 2.24) is 0 Å². The minimum absolute atomic E-state index is 0.255. The molecule has 98 valence electrons. The number of nitrogens with two attached hydrogens (primary N) is 1. The van der Waals surface area contributed by atoms with Crippen molar-refractivity contribution in [2.45, 2.75) is 6.54 Å². The topological polar surface area (TPSA) is 50.4 Å². The van der Waals surface area contributed by atoms with Crippen molar-refractivity contribution >= 4 is 27.6 Å². The Labute approximate surface area is 119 Å². The zero-order valence-corrected chi connectivity index (χ0v) is 11.7. The van der Waals surface area contributed by atoms with Crippen LogP contribution in [-0.2, 0) is 6.54 Å². The average Bonchev–Trinajstić information content (AvgIpc) is 2.42. The number of hydrogen-bond donors (Lipinski definition) is 2. The summed E-state index contributed by atoms with van der Waals surface area (Å²) in [6, 6.07) is 14.5. The summed E-state index contributed by atoms with van der Waals surface area (Å²) in [6.45, 7) is 0.485. The molecule has 0 unspecified atom stereocenters. The molecule has 0 heterocycles. The fourth-order valence-corrected chi connectivity index (χ4v) is 1.77. The third-order valence-electron chi connectivity index (χ3n) is 2.47. The number of halogens is 2. The summed E-state index contributed by atoms with van der Waals surface area (Å²) in [5.41, 5.74) is 7.38. The van der Waals surface area contributed by atoms with Gasteiger partial charge in [0.1, 0.15) is 5.82 Å². The van der Waals surface area contributed by atoms with Crippen LogP contribution in [0.4, 0.5) is 10.1 Å². The quantitative estimate of drug-likeness (QED) is 0.671. The summed E-state index contributed by atoms with van der Waals surface area (Å²) < 4.78 is 13.7. The lowest BCUT2D eigenvalue weighted by Gasteiger charge is -2.06. The van der Waals surface area contributed by atoms with Gasteiger partial charge in [-0.2, -0.15) is 0 Å². The molecule has 0 saturated heterocycles. The van der Waals surface area contributed by atoms with Crippen molar-refractivity contribution < 1.29 is 4.39 Å². The van der Waals surface area contributed by atoms with Gasteiger partial charge in [0.2, 0.25) is 0 Å². The molecule has 0 bridgehead atoms. The van der Waals surface area contributed by atoms with E-state index in [2.05, 4.69) is 26.2 Å². The molecule has 2 aromatic carbocycles. The van der Waals surface area contributed by atoms with Crippen LogP contribution in [0.25, 0.3) is 0 Å². The van der Waals surface area contributed by atoms with Crippen LogP contribution < -0.4 is 11.1 Å². The molecule has 5 heteroatoms. The van der Waals surface area contributed by atoms with Crippen LogP contribution >= 0.6 is 15.9 Å². The predicted octanol–water partition coefficient (Wildman–Crippen LogP) is 3.52. The fourth-order valence-electron chi connectivity index (χ4n) is 1.52. The monoisotopic (exact) mass is 321 g/mol. The third-order valence-corrected chi connectivity index (χ3v) is 3.11. The van der Waals surface area contributed by atoms with Crippen LogP contribution in [0.2, 0.25) is 0 Å². The molecule has 0 spiro atoms. The Hall–Kier alpha value is -1.88. The molecule has 0 radical (unpaired) electrons. The van der Waals surface area contributed by atoms with Crippen LogP contribution in [0.15, 0.2) is 58.0 Å². The van der Waals surface area contributed by atoms with Gasteiger partial charge >= 0.3 is 0 Å². The largest absolute Gasteiger partial charge is 0.370 e. The summed E-state index contributed by atoms with van der Waals surface area (Å²) in [6.07, 6.45) is 0. The van der Waals surface area contributed by atoms with E-state index in [1.54, 1.807) is 12.1 Å². The van der Waals surface area contributed by atoms with Gasteiger partial charge in [-0.15, -0.1) is 0 Å². The van der Waals surface area contributed by atoms with Crippen molar-refractivity contribution in [3.05, 3.63) is 64.4 Å². The van der Waals surface area contributed by atoms with E-state index < -0.39 is 0 Å². The first-order valence-corrected chi connectivity index (χ1v) is 6.50. The Morgan fingerprint density at radius 3 is 2.63 bits per heavy atom. The maximum Gasteiger partial charge on any atom is 0.193 e. The summed E-state index contributed by atoms with van der Waals surface area (Å²) in [5, 5.41) is 2.85. The third kappa shape index (κ3) is 4.06. The molecule has 0 atom stereocenters. The van der Waals surface area contributed by atoms with Crippen LogP contribution in [-0.4, -0.2) is 5.96 Å². The van der Waals surface area contributed by atoms with Gasteiger partial charge in [-0.1, -0.05) is 30.3 Å². The summed E-state index contributed by atoms with van der Waals surface area (Å²) >= 11 is 3.09. The molecule has 3 N–H and O–H groups in total. The Kier molecular flexibility index (Phi) is 4.52. The minimum atomic E-state index is -0.346. The first-order chi connectivity index (χ1) is 9.15. The van der Waals surface area contributed by atoms with E-state index in [0.29, 0.717) is 16.7 Å². The molecule has 0 amide bonds. The maximum atomic E-state index is 13.3. The lowest BCUT2D eigenvalue weighted by Crippen LogP contribution is -2.22. The summed E-state index contributed by atoms with van der Waals surface area (Å²) in [5.74, 6) is -0.0913. The number of guanidine groups is 1. The maximum absolute atomic E-state index is 13.3. The minimum Gasteiger partial charge on any atom is -0.370 e. The van der Waals surface area contributed by atoms with Gasteiger partial charge in [-0.25, -0.2) is 9.38 Å². The van der Waals surface area contributed by atoms with Gasteiger partial charge in [0.05, 0.1) is 11.0 Å². The van der Waals surface area contributed by atoms with E-state index in [4.69, 9.17) is 5.73 Å². The van der Waals surface area contributed by atoms with Gasteiger partial charge in [0.15, 0.2) is 5.96 Å². The summed E-state index contributed by atoms with van der Waals surface area (Å²) in [7, 11) is 0. The second kappa shape index (κ2) is 6.33. The van der Waals surface area contributed by atoms with E-state index >= 15 is 0 Å². The number of anilines is 1. The molecule has 0 aromatic heterocycles. The second-order valence-corrected chi connectivity index (χ2v) is 4.80. The van der Waals surface area contributed by atoms with Gasteiger partial charge in [0.25, 0.3) is 0 Å². The lowest BCUT2D eigenvalue weighted by atomic mass is 10.2. The van der Waals surface area contributed by atoms with E-state index in [1.165, 1.54) is 6.07 Å². The van der Waals surface area contributed by atoms with Gasteiger partial charge < -0.3 is 11.1 Å². The number of hydrogen-bond acceptors (Lipinski definition) is 1. The molecule has 0 saturated carbocycles. The van der Waals surface area contributed by atoms with Crippen LogP contribution in [0.3, 0.4) is 0 Å². The molecule has 2 aromatic rings. The number of benzene rings is 2. The van der Waals surface area contributed by atoms with E-state index in [1.807, 2.05) is 30.3 Å². The van der Waals surface area contributed by atoms with E-state index in [-0.39, 0.29) is 11.8 Å². The standard InChI is InChI=1S/C14H13BrFN3/c15-12-7-6-11(8-13(12)16)19-14(17)18-9-10-4-2-1-3-5-10/h1-8H,9H2,(H3,17,18,19). The molecule has 0 aliphatic heterocycles. The van der Waals surface area contributed by atoms with Crippen molar-refractivity contribution in [3.8, 4) is 0 Å². The average molecular weight is 322 g/mol. The van der Waals surface area contributed by atoms with Crippen molar-refractivity contribution in [2.24, 2.45) is 10.7 Å². The first kappa shape index (κ1) is 13.5. The van der Waals surface area contributed by atoms with Crippen molar-refractivity contribution in [2.75, 3.05) is 5.32 Å². The molecule has 2 rings (SSSR count). The molecule has 0 fully saturated rings. The number of nitrogens with zero attached hydrogens (tertiary/aromatic N) is 1. The first-order valence-electron chi connectivity index (χ1n) is 5.71. The molecule has 3 nitrogen and oxygen atoms in total. The normalized spacial score (nSPS) is 11.4. The van der Waals surface area contributed by atoms with Gasteiger partial charge in [0, 0.05) is 5.69 Å². The van der Waals surface area contributed by atoms with Gasteiger partial charge in [-0.05, 0) is 39.7 Å². The lowest BCUT2D eigenvalue weighted by molar-refractivity contribution is 0.622. The fraction of sp³-hybridized carbons (Fsp3) is 0.0714. The SMILES string of the molecule is NC(=NCc1ccccc1)Nc1ccc(Br)c(F)c1. The number of aliphatic imine (C=N–C) groups is 1. The number of rotatable bonds is 3. The number of nitrogens with one attached hydrogen (secondary N) is 1. The Morgan fingerprint density at radius 1 is 1.21 bits per heavy atom. The predicted molar refractivity (Wildman–Crippen MR) is 79.5 cm³/mol.